The van der Waals surface area contributed by atoms with Gasteiger partial charge in [0.1, 0.15) is 5.75 Å². The molecule has 5 heteroatoms. The van der Waals surface area contributed by atoms with Gasteiger partial charge in [0, 0.05) is 19.0 Å². The van der Waals surface area contributed by atoms with E-state index < -0.39 is 0 Å². The molecule has 0 saturated heterocycles. The van der Waals surface area contributed by atoms with Crippen LogP contribution in [0.5, 0.6) is 5.75 Å². The van der Waals surface area contributed by atoms with E-state index in [1.165, 1.54) is 24.0 Å². The summed E-state index contributed by atoms with van der Waals surface area (Å²) in [6, 6.07) is 8.54. The summed E-state index contributed by atoms with van der Waals surface area (Å²) in [4.78, 5) is 15.6. The lowest BCUT2D eigenvalue weighted by Gasteiger charge is -2.30. The van der Waals surface area contributed by atoms with Crippen LogP contribution in [-0.4, -0.2) is 33.7 Å². The Morgan fingerprint density at radius 1 is 1.22 bits per heavy atom. The predicted molar refractivity (Wildman–Crippen MR) is 104 cm³/mol. The molecule has 1 saturated carbocycles. The van der Waals surface area contributed by atoms with Crippen LogP contribution in [0.2, 0.25) is 0 Å². The third-order valence-electron chi connectivity index (χ3n) is 5.69. The molecule has 4 rings (SSSR count). The van der Waals surface area contributed by atoms with Crippen molar-refractivity contribution in [3.8, 4) is 5.75 Å². The molecular formula is C22H27N3O2. The van der Waals surface area contributed by atoms with Gasteiger partial charge in [-0.3, -0.25) is 4.79 Å². The van der Waals surface area contributed by atoms with Crippen LogP contribution in [0.25, 0.3) is 0 Å². The molecule has 1 amide bonds. The van der Waals surface area contributed by atoms with E-state index in [2.05, 4.69) is 27.2 Å². The number of fused-ring (bicyclic) bond motifs is 1. The average Bonchev–Trinajstić information content (AvgIpc) is 3.36. The fourth-order valence-electron chi connectivity index (χ4n) is 4.23. The second-order valence-corrected chi connectivity index (χ2v) is 7.61. The zero-order valence-electron chi connectivity index (χ0n) is 16.2. The third-order valence-corrected chi connectivity index (χ3v) is 5.69. The summed E-state index contributed by atoms with van der Waals surface area (Å²) in [6.07, 6.45) is 6.22. The van der Waals surface area contributed by atoms with Gasteiger partial charge in [-0.05, 0) is 49.4 Å². The van der Waals surface area contributed by atoms with Crippen LogP contribution in [0.15, 0.2) is 24.3 Å². The van der Waals surface area contributed by atoms with Gasteiger partial charge in [0.15, 0.2) is 0 Å². The predicted octanol–water partition coefficient (Wildman–Crippen LogP) is 3.87. The first kappa shape index (κ1) is 18.0. The van der Waals surface area contributed by atoms with Crippen LogP contribution in [0.3, 0.4) is 0 Å². The maximum absolute atomic E-state index is 13.5. The normalized spacial score (nSPS) is 16.2. The molecule has 2 heterocycles. The summed E-state index contributed by atoms with van der Waals surface area (Å²) in [5.74, 6) is 1.08. The lowest BCUT2D eigenvalue weighted by atomic mass is 10.0. The van der Waals surface area contributed by atoms with Crippen LogP contribution in [0.4, 0.5) is 0 Å². The first-order chi connectivity index (χ1) is 13.2. The van der Waals surface area contributed by atoms with Gasteiger partial charge < -0.3 is 9.64 Å². The molecule has 1 aromatic carbocycles. The Balaban J connectivity index is 1.65. The van der Waals surface area contributed by atoms with Crippen LogP contribution in [-0.2, 0) is 19.4 Å². The molecule has 0 bridgehead atoms. The molecule has 0 atom stereocenters. The lowest BCUT2D eigenvalue weighted by Crippen LogP contribution is -2.39. The zero-order chi connectivity index (χ0) is 18.8. The lowest BCUT2D eigenvalue weighted by molar-refractivity contribution is 0.0662. The number of nitrogens with zero attached hydrogens (tertiary/aromatic N) is 3. The number of hydrogen-bond donors (Lipinski definition) is 0. The maximum Gasteiger partial charge on any atom is 0.256 e. The highest BCUT2D eigenvalue weighted by Gasteiger charge is 2.29. The highest BCUT2D eigenvalue weighted by Crippen LogP contribution is 2.30. The minimum absolute atomic E-state index is 0.0912. The van der Waals surface area contributed by atoms with Gasteiger partial charge in [-0.1, -0.05) is 31.9 Å². The number of aromatic nitrogens is 2. The van der Waals surface area contributed by atoms with Crippen molar-refractivity contribution in [2.45, 2.75) is 65.0 Å². The minimum Gasteiger partial charge on any atom is -0.493 e. The van der Waals surface area contributed by atoms with Crippen molar-refractivity contribution in [3.63, 3.8) is 0 Å². The van der Waals surface area contributed by atoms with E-state index in [1.807, 2.05) is 26.0 Å². The molecule has 1 aromatic heterocycles. The minimum atomic E-state index is 0.0912. The number of aryl methyl sites for hydroxylation is 2. The SMILES string of the molecule is CCc1nnc(C)cc1C(=O)N(Cc1ccc2c(c1)CCO2)C1CCCC1. The Morgan fingerprint density at radius 3 is 2.81 bits per heavy atom. The molecule has 27 heavy (non-hydrogen) atoms. The van der Waals surface area contributed by atoms with Crippen LogP contribution < -0.4 is 4.74 Å². The van der Waals surface area contributed by atoms with Gasteiger partial charge in [-0.25, -0.2) is 0 Å². The third kappa shape index (κ3) is 3.68. The van der Waals surface area contributed by atoms with Crippen LogP contribution in [0, 0.1) is 6.92 Å². The summed E-state index contributed by atoms with van der Waals surface area (Å²) in [5, 5.41) is 8.41. The summed E-state index contributed by atoms with van der Waals surface area (Å²) in [7, 11) is 0. The monoisotopic (exact) mass is 365 g/mol. The topological polar surface area (TPSA) is 55.3 Å². The van der Waals surface area contributed by atoms with Crippen molar-refractivity contribution in [1.82, 2.24) is 15.1 Å². The van der Waals surface area contributed by atoms with E-state index in [-0.39, 0.29) is 5.91 Å². The molecule has 2 aromatic rings. The van der Waals surface area contributed by atoms with Gasteiger partial charge in [0.05, 0.1) is 23.6 Å². The van der Waals surface area contributed by atoms with Gasteiger partial charge in [0.25, 0.3) is 5.91 Å². The van der Waals surface area contributed by atoms with Crippen molar-refractivity contribution in [2.24, 2.45) is 0 Å². The standard InChI is InChI=1S/C22H27N3O2/c1-3-20-19(12-15(2)23-24-20)22(26)25(18-6-4-5-7-18)14-16-8-9-21-17(13-16)10-11-27-21/h8-9,12-13,18H,3-7,10-11,14H2,1-2H3. The summed E-state index contributed by atoms with van der Waals surface area (Å²) < 4.78 is 5.62. The van der Waals surface area contributed by atoms with Crippen molar-refractivity contribution in [1.29, 1.82) is 0 Å². The number of hydrogen-bond acceptors (Lipinski definition) is 4. The van der Waals surface area contributed by atoms with Gasteiger partial charge in [-0.2, -0.15) is 10.2 Å². The molecule has 1 fully saturated rings. The summed E-state index contributed by atoms with van der Waals surface area (Å²) in [5.41, 5.74) is 4.72. The smallest absolute Gasteiger partial charge is 0.256 e. The Hall–Kier alpha value is -2.43. The Morgan fingerprint density at radius 2 is 2.04 bits per heavy atom. The average molecular weight is 365 g/mol. The van der Waals surface area contributed by atoms with Crippen molar-refractivity contribution >= 4 is 5.91 Å². The maximum atomic E-state index is 13.5. The molecule has 2 aliphatic rings. The molecule has 1 aliphatic carbocycles. The van der Waals surface area contributed by atoms with Crippen molar-refractivity contribution in [2.75, 3.05) is 6.61 Å². The number of carbonyl (C=O) groups is 1. The Bertz CT molecular complexity index is 843. The number of ether oxygens (including phenoxy) is 1. The Kier molecular flexibility index (Phi) is 5.10. The first-order valence-electron chi connectivity index (χ1n) is 10.0. The van der Waals surface area contributed by atoms with E-state index in [4.69, 9.17) is 4.74 Å². The quantitative estimate of drug-likeness (QED) is 0.807. The molecule has 0 spiro atoms. The molecule has 1 aliphatic heterocycles. The van der Waals surface area contributed by atoms with Crippen molar-refractivity contribution < 1.29 is 9.53 Å². The van der Waals surface area contributed by atoms with Crippen molar-refractivity contribution in [3.05, 3.63) is 52.3 Å². The second kappa shape index (κ2) is 7.67. The Labute approximate surface area is 160 Å². The molecule has 0 N–H and O–H groups in total. The summed E-state index contributed by atoms with van der Waals surface area (Å²) in [6.45, 7) is 5.31. The molecule has 0 unspecified atom stereocenters. The fourth-order valence-corrected chi connectivity index (χ4v) is 4.23. The van der Waals surface area contributed by atoms with Gasteiger partial charge in [0.2, 0.25) is 0 Å². The highest BCUT2D eigenvalue weighted by atomic mass is 16.5. The van der Waals surface area contributed by atoms with Crippen LogP contribution in [0.1, 0.15) is 65.5 Å². The van der Waals surface area contributed by atoms with Gasteiger partial charge >= 0.3 is 0 Å². The van der Waals surface area contributed by atoms with E-state index in [1.54, 1.807) is 0 Å². The molecule has 5 nitrogen and oxygen atoms in total. The second-order valence-electron chi connectivity index (χ2n) is 7.61. The zero-order valence-corrected chi connectivity index (χ0v) is 16.2. The molecule has 0 radical (unpaired) electrons. The molecule has 142 valence electrons. The van der Waals surface area contributed by atoms with E-state index in [0.29, 0.717) is 24.6 Å². The van der Waals surface area contributed by atoms with Crippen LogP contribution >= 0.6 is 0 Å². The number of rotatable bonds is 5. The van der Waals surface area contributed by atoms with Gasteiger partial charge in [-0.15, -0.1) is 0 Å². The summed E-state index contributed by atoms with van der Waals surface area (Å²) >= 11 is 0. The van der Waals surface area contributed by atoms with E-state index >= 15 is 0 Å². The highest BCUT2D eigenvalue weighted by molar-refractivity contribution is 5.95. The number of benzene rings is 1. The fraction of sp³-hybridized carbons (Fsp3) is 0.500. The molecular weight excluding hydrogens is 338 g/mol. The first-order valence-corrected chi connectivity index (χ1v) is 10.0. The largest absolute Gasteiger partial charge is 0.493 e. The number of amides is 1. The van der Waals surface area contributed by atoms with E-state index in [0.717, 1.165) is 43.0 Å². The number of carbonyl (C=O) groups excluding carboxylic acids is 1. The van der Waals surface area contributed by atoms with E-state index in [9.17, 15) is 4.79 Å².